The molecule has 0 aliphatic carbocycles. The van der Waals surface area contributed by atoms with Crippen LogP contribution in [0.2, 0.25) is 0 Å². The Morgan fingerprint density at radius 3 is 3.13 bits per heavy atom. The van der Waals surface area contributed by atoms with Crippen molar-refractivity contribution in [3.05, 3.63) is 41.1 Å². The topological polar surface area (TPSA) is 50.8 Å². The van der Waals surface area contributed by atoms with Gasteiger partial charge in [-0.1, -0.05) is 12.1 Å². The van der Waals surface area contributed by atoms with E-state index < -0.39 is 0 Å². The Bertz CT molecular complexity index is 643. The lowest BCUT2D eigenvalue weighted by molar-refractivity contribution is -0.0481. The molecule has 0 spiro atoms. The molecular formula is C17H20N2O3S. The van der Waals surface area contributed by atoms with Crippen LogP contribution in [0.25, 0.3) is 11.1 Å². The maximum atomic E-state index is 12.4. The summed E-state index contributed by atoms with van der Waals surface area (Å²) < 4.78 is 10.7. The summed E-state index contributed by atoms with van der Waals surface area (Å²) in [5, 5.41) is 7.11. The fraction of sp³-hybridized carbons (Fsp3) is 0.353. The molecule has 0 radical (unpaired) electrons. The number of methoxy groups -OCH3 is 1. The fourth-order valence-electron chi connectivity index (χ4n) is 2.60. The minimum absolute atomic E-state index is 0.0587. The molecule has 1 aromatic carbocycles. The van der Waals surface area contributed by atoms with Crippen molar-refractivity contribution < 1.29 is 14.3 Å². The van der Waals surface area contributed by atoms with Gasteiger partial charge in [0, 0.05) is 19.3 Å². The second-order valence-electron chi connectivity index (χ2n) is 5.42. The van der Waals surface area contributed by atoms with Gasteiger partial charge in [-0.2, -0.15) is 11.3 Å². The van der Waals surface area contributed by atoms with Gasteiger partial charge in [-0.3, -0.25) is 0 Å². The van der Waals surface area contributed by atoms with E-state index in [-0.39, 0.29) is 12.1 Å². The molecule has 1 aromatic heterocycles. The number of thiophene rings is 1. The van der Waals surface area contributed by atoms with Crippen LogP contribution in [-0.2, 0) is 9.47 Å². The van der Waals surface area contributed by atoms with Gasteiger partial charge in [-0.25, -0.2) is 4.79 Å². The molecule has 23 heavy (non-hydrogen) atoms. The van der Waals surface area contributed by atoms with Crippen LogP contribution in [0.5, 0.6) is 0 Å². The van der Waals surface area contributed by atoms with Crippen molar-refractivity contribution in [2.75, 3.05) is 38.7 Å². The van der Waals surface area contributed by atoms with Crippen LogP contribution >= 0.6 is 11.3 Å². The van der Waals surface area contributed by atoms with Gasteiger partial charge in [0.05, 0.1) is 25.9 Å². The van der Waals surface area contributed by atoms with Gasteiger partial charge in [0.1, 0.15) is 0 Å². The summed E-state index contributed by atoms with van der Waals surface area (Å²) in [6.45, 7) is 2.17. The average Bonchev–Trinajstić information content (AvgIpc) is 3.10. The zero-order valence-corrected chi connectivity index (χ0v) is 13.8. The lowest BCUT2D eigenvalue weighted by Gasteiger charge is -2.32. The highest BCUT2D eigenvalue weighted by atomic mass is 32.1. The molecule has 1 aliphatic heterocycles. The summed E-state index contributed by atoms with van der Waals surface area (Å²) in [5.74, 6) is 0. The smallest absolute Gasteiger partial charge is 0.322 e. The summed E-state index contributed by atoms with van der Waals surface area (Å²) in [6.07, 6.45) is -0.0587. The Kier molecular flexibility index (Phi) is 5.27. The molecule has 1 atom stereocenters. The molecule has 5 nitrogen and oxygen atoms in total. The SMILES string of the molecule is COCC1CN(C(=O)Nc2cccc(-c3ccsc3)c2)CCO1. The largest absolute Gasteiger partial charge is 0.382 e. The van der Waals surface area contributed by atoms with Gasteiger partial charge < -0.3 is 19.7 Å². The summed E-state index contributed by atoms with van der Waals surface area (Å²) in [6, 6.07) is 9.87. The third-order valence-corrected chi connectivity index (χ3v) is 4.43. The van der Waals surface area contributed by atoms with E-state index in [1.165, 1.54) is 0 Å². The Labute approximate surface area is 139 Å². The number of nitrogens with zero attached hydrogens (tertiary/aromatic N) is 1. The molecule has 1 fully saturated rings. The second-order valence-corrected chi connectivity index (χ2v) is 6.20. The van der Waals surface area contributed by atoms with Crippen molar-refractivity contribution in [3.63, 3.8) is 0 Å². The van der Waals surface area contributed by atoms with Crippen molar-refractivity contribution >= 4 is 23.1 Å². The van der Waals surface area contributed by atoms with Crippen molar-refractivity contribution in [2.45, 2.75) is 6.10 Å². The molecule has 3 rings (SSSR count). The number of carbonyl (C=O) groups is 1. The van der Waals surface area contributed by atoms with E-state index in [0.717, 1.165) is 16.8 Å². The van der Waals surface area contributed by atoms with Crippen LogP contribution in [0.4, 0.5) is 10.5 Å². The van der Waals surface area contributed by atoms with E-state index >= 15 is 0 Å². The van der Waals surface area contributed by atoms with E-state index in [1.807, 2.05) is 29.6 Å². The number of anilines is 1. The maximum absolute atomic E-state index is 12.4. The first-order chi connectivity index (χ1) is 11.3. The number of hydrogen-bond donors (Lipinski definition) is 1. The predicted molar refractivity (Wildman–Crippen MR) is 92.0 cm³/mol. The average molecular weight is 332 g/mol. The molecule has 2 aromatic rings. The third-order valence-electron chi connectivity index (χ3n) is 3.75. The van der Waals surface area contributed by atoms with Gasteiger partial charge in [0.2, 0.25) is 0 Å². The number of morpholine rings is 1. The predicted octanol–water partition coefficient (Wildman–Crippen LogP) is 3.29. The number of benzene rings is 1. The van der Waals surface area contributed by atoms with Crippen LogP contribution in [-0.4, -0.2) is 50.4 Å². The van der Waals surface area contributed by atoms with Gasteiger partial charge in [0.15, 0.2) is 0 Å². The first-order valence-corrected chi connectivity index (χ1v) is 8.49. The molecule has 6 heteroatoms. The van der Waals surface area contributed by atoms with E-state index in [0.29, 0.717) is 26.3 Å². The first-order valence-electron chi connectivity index (χ1n) is 7.55. The van der Waals surface area contributed by atoms with E-state index in [2.05, 4.69) is 16.8 Å². The molecular weight excluding hydrogens is 312 g/mol. The molecule has 2 heterocycles. The van der Waals surface area contributed by atoms with Crippen molar-refractivity contribution in [1.29, 1.82) is 0 Å². The Morgan fingerprint density at radius 1 is 1.43 bits per heavy atom. The van der Waals surface area contributed by atoms with E-state index in [9.17, 15) is 4.79 Å². The van der Waals surface area contributed by atoms with Crippen molar-refractivity contribution in [3.8, 4) is 11.1 Å². The minimum Gasteiger partial charge on any atom is -0.382 e. The highest BCUT2D eigenvalue weighted by molar-refractivity contribution is 7.08. The van der Waals surface area contributed by atoms with Crippen molar-refractivity contribution in [2.24, 2.45) is 0 Å². The number of urea groups is 1. The summed E-state index contributed by atoms with van der Waals surface area (Å²) in [4.78, 5) is 14.2. The van der Waals surface area contributed by atoms with Crippen LogP contribution < -0.4 is 5.32 Å². The molecule has 2 amide bonds. The number of hydrogen-bond acceptors (Lipinski definition) is 4. The standard InChI is InChI=1S/C17H20N2O3S/c1-21-11-16-10-19(6-7-22-16)17(20)18-15-4-2-3-13(9-15)14-5-8-23-12-14/h2-5,8-9,12,16H,6-7,10-11H2,1H3,(H,18,20). The highest BCUT2D eigenvalue weighted by Crippen LogP contribution is 2.25. The Balaban J connectivity index is 1.65. The van der Waals surface area contributed by atoms with Crippen LogP contribution in [0.3, 0.4) is 0 Å². The first kappa shape index (κ1) is 16.0. The summed E-state index contributed by atoms with van der Waals surface area (Å²) >= 11 is 1.66. The Hall–Kier alpha value is -1.89. The molecule has 0 bridgehead atoms. The van der Waals surface area contributed by atoms with Gasteiger partial charge in [-0.15, -0.1) is 0 Å². The normalized spacial score (nSPS) is 18.0. The molecule has 1 saturated heterocycles. The lowest BCUT2D eigenvalue weighted by atomic mass is 10.1. The summed E-state index contributed by atoms with van der Waals surface area (Å²) in [5.41, 5.74) is 3.06. The maximum Gasteiger partial charge on any atom is 0.322 e. The molecule has 122 valence electrons. The monoisotopic (exact) mass is 332 g/mol. The minimum atomic E-state index is -0.100. The molecule has 1 aliphatic rings. The lowest BCUT2D eigenvalue weighted by Crippen LogP contribution is -2.48. The zero-order valence-electron chi connectivity index (χ0n) is 13.0. The molecule has 0 saturated carbocycles. The number of rotatable bonds is 4. The highest BCUT2D eigenvalue weighted by Gasteiger charge is 2.24. The van der Waals surface area contributed by atoms with Crippen LogP contribution in [0.15, 0.2) is 41.1 Å². The van der Waals surface area contributed by atoms with Crippen LogP contribution in [0.1, 0.15) is 0 Å². The molecule has 1 unspecified atom stereocenters. The van der Waals surface area contributed by atoms with Crippen LogP contribution in [0, 0.1) is 0 Å². The van der Waals surface area contributed by atoms with E-state index in [4.69, 9.17) is 9.47 Å². The fourth-order valence-corrected chi connectivity index (χ4v) is 3.26. The number of carbonyl (C=O) groups excluding carboxylic acids is 1. The quantitative estimate of drug-likeness (QED) is 0.935. The van der Waals surface area contributed by atoms with Gasteiger partial charge in [-0.05, 0) is 40.1 Å². The Morgan fingerprint density at radius 2 is 2.35 bits per heavy atom. The number of ether oxygens (including phenoxy) is 2. The molecule has 1 N–H and O–H groups in total. The van der Waals surface area contributed by atoms with E-state index in [1.54, 1.807) is 23.3 Å². The number of amides is 2. The summed E-state index contributed by atoms with van der Waals surface area (Å²) in [7, 11) is 1.64. The van der Waals surface area contributed by atoms with Crippen molar-refractivity contribution in [1.82, 2.24) is 4.90 Å². The zero-order chi connectivity index (χ0) is 16.1. The number of nitrogens with one attached hydrogen (secondary N) is 1. The third kappa shape index (κ3) is 4.10. The van der Waals surface area contributed by atoms with Gasteiger partial charge >= 0.3 is 6.03 Å². The van der Waals surface area contributed by atoms with Gasteiger partial charge in [0.25, 0.3) is 0 Å². The second kappa shape index (κ2) is 7.59.